The number of amides is 1. The summed E-state index contributed by atoms with van der Waals surface area (Å²) in [5, 5.41) is 20.9. The van der Waals surface area contributed by atoms with E-state index in [0.29, 0.717) is 6.61 Å². The van der Waals surface area contributed by atoms with Crippen LogP contribution in [0.25, 0.3) is 0 Å². The van der Waals surface area contributed by atoms with Crippen LogP contribution in [0.2, 0.25) is 0 Å². The lowest BCUT2D eigenvalue weighted by Gasteiger charge is -2.11. The van der Waals surface area contributed by atoms with Gasteiger partial charge >= 0.3 is 5.97 Å². The quantitative estimate of drug-likeness (QED) is 0.718. The third-order valence-electron chi connectivity index (χ3n) is 2.96. The van der Waals surface area contributed by atoms with Crippen molar-refractivity contribution in [2.75, 3.05) is 11.9 Å². The largest absolute Gasteiger partial charge is 0.506 e. The van der Waals surface area contributed by atoms with Gasteiger partial charge in [0.25, 0.3) is 0 Å². The molecule has 0 radical (unpaired) electrons. The summed E-state index contributed by atoms with van der Waals surface area (Å²) in [6.07, 6.45) is 1.98. The molecule has 0 saturated carbocycles. The summed E-state index contributed by atoms with van der Waals surface area (Å²) in [5.74, 6) is -1.65. The first-order valence-electron chi connectivity index (χ1n) is 6.04. The van der Waals surface area contributed by atoms with Crippen LogP contribution >= 0.6 is 0 Å². The zero-order valence-electron chi connectivity index (χ0n) is 10.3. The average molecular weight is 265 g/mol. The Morgan fingerprint density at radius 2 is 2.21 bits per heavy atom. The zero-order valence-corrected chi connectivity index (χ0v) is 10.3. The van der Waals surface area contributed by atoms with Crippen LogP contribution in [0.4, 0.5) is 5.69 Å². The Balaban J connectivity index is 1.98. The average Bonchev–Trinajstić information content (AvgIpc) is 2.84. The molecule has 3 N–H and O–H groups in total. The van der Waals surface area contributed by atoms with Crippen molar-refractivity contribution < 1.29 is 24.5 Å². The van der Waals surface area contributed by atoms with Crippen LogP contribution in [-0.4, -0.2) is 34.8 Å². The summed E-state index contributed by atoms with van der Waals surface area (Å²) in [5.41, 5.74) is 0.169. The number of rotatable bonds is 4. The van der Waals surface area contributed by atoms with Crippen LogP contribution in [0, 0.1) is 0 Å². The van der Waals surface area contributed by atoms with Gasteiger partial charge in [0.15, 0.2) is 0 Å². The molecular weight excluding hydrogens is 250 g/mol. The maximum absolute atomic E-state index is 11.7. The molecular formula is C13H15NO5. The van der Waals surface area contributed by atoms with Gasteiger partial charge in [-0.25, -0.2) is 4.79 Å². The number of aromatic carboxylic acids is 1. The first-order chi connectivity index (χ1) is 9.06. The van der Waals surface area contributed by atoms with Crippen LogP contribution in [0.15, 0.2) is 18.2 Å². The summed E-state index contributed by atoms with van der Waals surface area (Å²) in [7, 11) is 0. The van der Waals surface area contributed by atoms with E-state index in [1.807, 2.05) is 0 Å². The molecule has 1 aliphatic heterocycles. The van der Waals surface area contributed by atoms with E-state index >= 15 is 0 Å². The second-order valence-electron chi connectivity index (χ2n) is 4.42. The number of carboxylic acids is 1. The number of anilines is 1. The summed E-state index contributed by atoms with van der Waals surface area (Å²) >= 11 is 0. The number of hydrogen-bond donors (Lipinski definition) is 3. The zero-order chi connectivity index (χ0) is 13.8. The van der Waals surface area contributed by atoms with Gasteiger partial charge in [0.05, 0.1) is 23.8 Å². The van der Waals surface area contributed by atoms with Crippen molar-refractivity contribution in [1.82, 2.24) is 0 Å². The molecule has 0 unspecified atom stereocenters. The highest BCUT2D eigenvalue weighted by atomic mass is 16.5. The van der Waals surface area contributed by atoms with Crippen molar-refractivity contribution in [3.8, 4) is 5.75 Å². The monoisotopic (exact) mass is 265 g/mol. The lowest BCUT2D eigenvalue weighted by atomic mass is 10.1. The molecule has 102 valence electrons. The molecule has 1 aromatic rings. The first-order valence-corrected chi connectivity index (χ1v) is 6.04. The van der Waals surface area contributed by atoms with E-state index in [1.54, 1.807) is 0 Å². The van der Waals surface area contributed by atoms with Crippen molar-refractivity contribution in [3.05, 3.63) is 23.8 Å². The topological polar surface area (TPSA) is 95.9 Å². The SMILES string of the molecule is O=C(C[C@@H]1CCCO1)Nc1ccc(C(=O)O)cc1O. The van der Waals surface area contributed by atoms with Crippen molar-refractivity contribution >= 4 is 17.6 Å². The van der Waals surface area contributed by atoms with Crippen molar-refractivity contribution in [3.63, 3.8) is 0 Å². The minimum atomic E-state index is -1.13. The Labute approximate surface area is 110 Å². The summed E-state index contributed by atoms with van der Waals surface area (Å²) < 4.78 is 5.34. The molecule has 1 atom stereocenters. The summed E-state index contributed by atoms with van der Waals surface area (Å²) in [6.45, 7) is 0.677. The number of phenolic OH excluding ortho intramolecular Hbond substituents is 1. The van der Waals surface area contributed by atoms with Gasteiger partial charge in [0.1, 0.15) is 5.75 Å². The van der Waals surface area contributed by atoms with Crippen LogP contribution in [-0.2, 0) is 9.53 Å². The standard InChI is InChI=1S/C13H15NO5/c15-11-6-8(13(17)18)3-4-10(11)14-12(16)7-9-2-1-5-19-9/h3-4,6,9,15H,1-2,5,7H2,(H,14,16)(H,17,18)/t9-/m0/s1. The number of carboxylic acid groups (broad SMARTS) is 1. The number of ether oxygens (including phenoxy) is 1. The molecule has 0 bridgehead atoms. The van der Waals surface area contributed by atoms with Gasteiger partial charge in [-0.05, 0) is 31.0 Å². The van der Waals surface area contributed by atoms with E-state index in [0.717, 1.165) is 18.9 Å². The van der Waals surface area contributed by atoms with E-state index in [1.165, 1.54) is 12.1 Å². The van der Waals surface area contributed by atoms with E-state index in [-0.39, 0.29) is 35.4 Å². The Bertz CT molecular complexity index is 494. The highest BCUT2D eigenvalue weighted by Gasteiger charge is 2.19. The van der Waals surface area contributed by atoms with Crippen LogP contribution in [0.5, 0.6) is 5.75 Å². The second-order valence-corrected chi connectivity index (χ2v) is 4.42. The van der Waals surface area contributed by atoms with E-state index in [4.69, 9.17) is 9.84 Å². The van der Waals surface area contributed by atoms with Crippen molar-refractivity contribution in [2.45, 2.75) is 25.4 Å². The van der Waals surface area contributed by atoms with Gasteiger partial charge in [0.2, 0.25) is 5.91 Å². The number of carbonyl (C=O) groups is 2. The van der Waals surface area contributed by atoms with Crippen LogP contribution < -0.4 is 5.32 Å². The molecule has 6 nitrogen and oxygen atoms in total. The lowest BCUT2D eigenvalue weighted by Crippen LogP contribution is -2.19. The smallest absolute Gasteiger partial charge is 0.335 e. The van der Waals surface area contributed by atoms with E-state index in [9.17, 15) is 14.7 Å². The normalized spacial score (nSPS) is 18.2. The fourth-order valence-electron chi connectivity index (χ4n) is 1.98. The number of carbonyl (C=O) groups excluding carboxylic acids is 1. The molecule has 1 aliphatic rings. The lowest BCUT2D eigenvalue weighted by molar-refractivity contribution is -0.118. The molecule has 6 heteroatoms. The molecule has 2 rings (SSSR count). The van der Waals surface area contributed by atoms with Crippen LogP contribution in [0.1, 0.15) is 29.6 Å². The molecule has 1 saturated heterocycles. The Kier molecular flexibility index (Phi) is 4.01. The van der Waals surface area contributed by atoms with Gasteiger partial charge < -0.3 is 20.3 Å². The van der Waals surface area contributed by atoms with Crippen LogP contribution in [0.3, 0.4) is 0 Å². The number of benzene rings is 1. The van der Waals surface area contributed by atoms with Gasteiger partial charge in [-0.1, -0.05) is 0 Å². The number of aromatic hydroxyl groups is 1. The highest BCUT2D eigenvalue weighted by molar-refractivity contribution is 5.94. The number of phenols is 1. The Morgan fingerprint density at radius 1 is 1.42 bits per heavy atom. The maximum atomic E-state index is 11.7. The fraction of sp³-hybridized carbons (Fsp3) is 0.385. The molecule has 19 heavy (non-hydrogen) atoms. The molecule has 1 fully saturated rings. The second kappa shape index (κ2) is 5.71. The Morgan fingerprint density at radius 3 is 2.79 bits per heavy atom. The predicted octanol–water partition coefficient (Wildman–Crippen LogP) is 1.60. The van der Waals surface area contributed by atoms with Gasteiger partial charge in [0, 0.05) is 6.61 Å². The summed E-state index contributed by atoms with van der Waals surface area (Å²) in [6, 6.07) is 3.79. The highest BCUT2D eigenvalue weighted by Crippen LogP contribution is 2.25. The minimum Gasteiger partial charge on any atom is -0.506 e. The van der Waals surface area contributed by atoms with E-state index in [2.05, 4.69) is 5.32 Å². The Hall–Kier alpha value is -2.08. The van der Waals surface area contributed by atoms with Gasteiger partial charge in [-0.2, -0.15) is 0 Å². The number of nitrogens with one attached hydrogen (secondary N) is 1. The molecule has 0 aromatic heterocycles. The maximum Gasteiger partial charge on any atom is 0.335 e. The molecule has 0 spiro atoms. The molecule has 1 heterocycles. The van der Waals surface area contributed by atoms with Gasteiger partial charge in [-0.15, -0.1) is 0 Å². The predicted molar refractivity (Wildman–Crippen MR) is 67.3 cm³/mol. The molecule has 1 aromatic carbocycles. The third kappa shape index (κ3) is 3.45. The minimum absolute atomic E-state index is 0.0328. The first kappa shape index (κ1) is 13.4. The van der Waals surface area contributed by atoms with Crippen molar-refractivity contribution in [1.29, 1.82) is 0 Å². The number of hydrogen-bond acceptors (Lipinski definition) is 4. The van der Waals surface area contributed by atoms with Crippen molar-refractivity contribution in [2.24, 2.45) is 0 Å². The third-order valence-corrected chi connectivity index (χ3v) is 2.96. The molecule has 0 aliphatic carbocycles. The van der Waals surface area contributed by atoms with E-state index < -0.39 is 5.97 Å². The molecule has 1 amide bonds. The van der Waals surface area contributed by atoms with Gasteiger partial charge in [-0.3, -0.25) is 4.79 Å². The summed E-state index contributed by atoms with van der Waals surface area (Å²) in [4.78, 5) is 22.4. The fourth-order valence-corrected chi connectivity index (χ4v) is 1.98.